The third kappa shape index (κ3) is 2.27. The van der Waals surface area contributed by atoms with E-state index in [1.54, 1.807) is 6.20 Å². The van der Waals surface area contributed by atoms with Crippen LogP contribution in [0.15, 0.2) is 12.3 Å². The minimum Gasteiger partial charge on any atom is -0.365 e. The van der Waals surface area contributed by atoms with Crippen molar-refractivity contribution in [1.29, 1.82) is 0 Å². The van der Waals surface area contributed by atoms with Gasteiger partial charge in [0.25, 0.3) is 5.91 Å². The van der Waals surface area contributed by atoms with E-state index in [0.29, 0.717) is 5.92 Å². The fourth-order valence-corrected chi connectivity index (χ4v) is 2.13. The summed E-state index contributed by atoms with van der Waals surface area (Å²) >= 11 is 0. The van der Waals surface area contributed by atoms with Crippen LogP contribution in [-0.2, 0) is 0 Å². The Bertz CT molecular complexity index is 372. The summed E-state index contributed by atoms with van der Waals surface area (Å²) in [6.07, 6.45) is 2.92. The van der Waals surface area contributed by atoms with Gasteiger partial charge in [0.1, 0.15) is 0 Å². The van der Waals surface area contributed by atoms with Crippen molar-refractivity contribution >= 4 is 5.91 Å². The van der Waals surface area contributed by atoms with Crippen LogP contribution in [0.2, 0.25) is 0 Å². The SMILES string of the molecule is Cc1[nH]ccc1C(=O)NC1CNCCC1C. The highest BCUT2D eigenvalue weighted by Gasteiger charge is 2.23. The lowest BCUT2D eigenvalue weighted by Gasteiger charge is -2.30. The average molecular weight is 221 g/mol. The zero-order chi connectivity index (χ0) is 11.5. The normalized spacial score (nSPS) is 25.4. The van der Waals surface area contributed by atoms with E-state index in [4.69, 9.17) is 0 Å². The molecular formula is C12H19N3O. The standard InChI is InChI=1S/C12H19N3O/c1-8-3-5-13-7-11(8)15-12(16)10-4-6-14-9(10)2/h4,6,8,11,13-14H,3,5,7H2,1-2H3,(H,15,16). The smallest absolute Gasteiger partial charge is 0.253 e. The van der Waals surface area contributed by atoms with Gasteiger partial charge < -0.3 is 15.6 Å². The van der Waals surface area contributed by atoms with Crippen LogP contribution in [-0.4, -0.2) is 30.0 Å². The molecule has 1 aromatic heterocycles. The van der Waals surface area contributed by atoms with E-state index in [1.807, 2.05) is 13.0 Å². The molecule has 1 aliphatic rings. The number of aromatic amines is 1. The van der Waals surface area contributed by atoms with Crippen LogP contribution < -0.4 is 10.6 Å². The number of rotatable bonds is 2. The molecule has 1 saturated heterocycles. The maximum absolute atomic E-state index is 12.0. The number of aromatic nitrogens is 1. The highest BCUT2D eigenvalue weighted by atomic mass is 16.1. The summed E-state index contributed by atoms with van der Waals surface area (Å²) in [5.74, 6) is 0.573. The van der Waals surface area contributed by atoms with E-state index in [-0.39, 0.29) is 11.9 Å². The fourth-order valence-electron chi connectivity index (χ4n) is 2.13. The summed E-state index contributed by atoms with van der Waals surface area (Å²) in [6.45, 7) is 6.03. The number of piperidine rings is 1. The first-order valence-corrected chi connectivity index (χ1v) is 5.84. The zero-order valence-corrected chi connectivity index (χ0v) is 9.84. The largest absolute Gasteiger partial charge is 0.365 e. The van der Waals surface area contributed by atoms with Gasteiger partial charge in [0, 0.05) is 24.5 Å². The predicted octanol–water partition coefficient (Wildman–Crippen LogP) is 1.05. The Morgan fingerprint density at radius 2 is 2.38 bits per heavy atom. The third-order valence-electron chi connectivity index (χ3n) is 3.34. The van der Waals surface area contributed by atoms with Crippen LogP contribution in [0.4, 0.5) is 0 Å². The molecule has 88 valence electrons. The molecule has 0 saturated carbocycles. The van der Waals surface area contributed by atoms with E-state index in [9.17, 15) is 4.79 Å². The first kappa shape index (κ1) is 11.2. The Balaban J connectivity index is 1.99. The summed E-state index contributed by atoms with van der Waals surface area (Å²) in [6, 6.07) is 2.07. The van der Waals surface area contributed by atoms with Gasteiger partial charge in [-0.1, -0.05) is 6.92 Å². The van der Waals surface area contributed by atoms with Gasteiger partial charge in [0.2, 0.25) is 0 Å². The Kier molecular flexibility index (Phi) is 3.29. The number of amides is 1. The lowest BCUT2D eigenvalue weighted by molar-refractivity contribution is 0.0915. The zero-order valence-electron chi connectivity index (χ0n) is 9.84. The highest BCUT2D eigenvalue weighted by Crippen LogP contribution is 2.12. The fraction of sp³-hybridized carbons (Fsp3) is 0.583. The van der Waals surface area contributed by atoms with Crippen LogP contribution in [0.5, 0.6) is 0 Å². The molecule has 1 fully saturated rings. The summed E-state index contributed by atoms with van der Waals surface area (Å²) in [7, 11) is 0. The van der Waals surface area contributed by atoms with Gasteiger partial charge in [-0.15, -0.1) is 0 Å². The number of hydrogen-bond donors (Lipinski definition) is 3. The van der Waals surface area contributed by atoms with Gasteiger partial charge >= 0.3 is 0 Å². The second-order valence-corrected chi connectivity index (χ2v) is 4.57. The second-order valence-electron chi connectivity index (χ2n) is 4.57. The number of hydrogen-bond acceptors (Lipinski definition) is 2. The summed E-state index contributed by atoms with van der Waals surface area (Å²) in [5.41, 5.74) is 1.67. The van der Waals surface area contributed by atoms with Crippen molar-refractivity contribution in [3.63, 3.8) is 0 Å². The number of carbonyl (C=O) groups excluding carboxylic acids is 1. The molecular weight excluding hydrogens is 202 g/mol. The van der Waals surface area contributed by atoms with Gasteiger partial charge in [-0.05, 0) is 31.9 Å². The van der Waals surface area contributed by atoms with E-state index < -0.39 is 0 Å². The van der Waals surface area contributed by atoms with Gasteiger partial charge in [0.05, 0.1) is 5.56 Å². The molecule has 2 heterocycles. The van der Waals surface area contributed by atoms with Crippen LogP contribution in [0, 0.1) is 12.8 Å². The van der Waals surface area contributed by atoms with Crippen molar-refractivity contribution in [1.82, 2.24) is 15.6 Å². The quantitative estimate of drug-likeness (QED) is 0.699. The average Bonchev–Trinajstić information content (AvgIpc) is 2.68. The molecule has 4 nitrogen and oxygen atoms in total. The maximum atomic E-state index is 12.0. The van der Waals surface area contributed by atoms with Gasteiger partial charge in [-0.2, -0.15) is 0 Å². The summed E-state index contributed by atoms with van der Waals surface area (Å²) in [4.78, 5) is 15.0. The monoisotopic (exact) mass is 221 g/mol. The summed E-state index contributed by atoms with van der Waals surface area (Å²) < 4.78 is 0. The van der Waals surface area contributed by atoms with Crippen molar-refractivity contribution in [2.45, 2.75) is 26.3 Å². The van der Waals surface area contributed by atoms with Crippen LogP contribution in [0.25, 0.3) is 0 Å². The maximum Gasteiger partial charge on any atom is 0.253 e. The molecule has 2 rings (SSSR count). The van der Waals surface area contributed by atoms with E-state index in [0.717, 1.165) is 30.8 Å². The van der Waals surface area contributed by atoms with Gasteiger partial charge in [-0.25, -0.2) is 0 Å². The lowest BCUT2D eigenvalue weighted by Crippen LogP contribution is -2.50. The minimum atomic E-state index is 0.0271. The molecule has 0 aliphatic carbocycles. The second kappa shape index (κ2) is 4.70. The molecule has 16 heavy (non-hydrogen) atoms. The van der Waals surface area contributed by atoms with Crippen molar-refractivity contribution in [2.24, 2.45) is 5.92 Å². The Hall–Kier alpha value is -1.29. The lowest BCUT2D eigenvalue weighted by atomic mass is 9.94. The highest BCUT2D eigenvalue weighted by molar-refractivity contribution is 5.95. The van der Waals surface area contributed by atoms with E-state index in [2.05, 4.69) is 22.5 Å². The first-order chi connectivity index (χ1) is 7.68. The van der Waals surface area contributed by atoms with Crippen LogP contribution in [0.3, 0.4) is 0 Å². The number of aryl methyl sites for hydroxylation is 1. The van der Waals surface area contributed by atoms with Crippen LogP contribution >= 0.6 is 0 Å². The Labute approximate surface area is 95.8 Å². The number of H-pyrrole nitrogens is 1. The van der Waals surface area contributed by atoms with E-state index in [1.165, 1.54) is 0 Å². The topological polar surface area (TPSA) is 56.9 Å². The molecule has 0 radical (unpaired) electrons. The van der Waals surface area contributed by atoms with Crippen molar-refractivity contribution < 1.29 is 4.79 Å². The molecule has 1 amide bonds. The molecule has 2 atom stereocenters. The molecule has 1 aromatic rings. The van der Waals surface area contributed by atoms with Gasteiger partial charge in [0.15, 0.2) is 0 Å². The minimum absolute atomic E-state index is 0.0271. The molecule has 2 unspecified atom stereocenters. The molecule has 0 spiro atoms. The Morgan fingerprint density at radius 3 is 3.00 bits per heavy atom. The molecule has 3 N–H and O–H groups in total. The number of carbonyl (C=O) groups is 1. The van der Waals surface area contributed by atoms with Crippen molar-refractivity contribution in [2.75, 3.05) is 13.1 Å². The molecule has 1 aliphatic heterocycles. The first-order valence-electron chi connectivity index (χ1n) is 5.84. The van der Waals surface area contributed by atoms with Crippen molar-refractivity contribution in [3.05, 3.63) is 23.5 Å². The predicted molar refractivity (Wildman–Crippen MR) is 63.4 cm³/mol. The van der Waals surface area contributed by atoms with E-state index >= 15 is 0 Å². The van der Waals surface area contributed by atoms with Crippen molar-refractivity contribution in [3.8, 4) is 0 Å². The summed E-state index contributed by atoms with van der Waals surface area (Å²) in [5, 5.41) is 6.40. The molecule has 4 heteroatoms. The Morgan fingerprint density at radius 1 is 1.56 bits per heavy atom. The molecule has 0 aromatic carbocycles. The van der Waals surface area contributed by atoms with Gasteiger partial charge in [-0.3, -0.25) is 4.79 Å². The number of nitrogens with one attached hydrogen (secondary N) is 3. The third-order valence-corrected chi connectivity index (χ3v) is 3.34. The van der Waals surface area contributed by atoms with Crippen LogP contribution in [0.1, 0.15) is 29.4 Å². The molecule has 0 bridgehead atoms.